The summed E-state index contributed by atoms with van der Waals surface area (Å²) in [6.07, 6.45) is 1.56. The first-order valence-electron chi connectivity index (χ1n) is 5.65. The van der Waals surface area contributed by atoms with Gasteiger partial charge in [-0.25, -0.2) is 4.98 Å². The van der Waals surface area contributed by atoms with Crippen LogP contribution >= 0.6 is 23.2 Å². The number of hydrogen-bond acceptors (Lipinski definition) is 4. The predicted octanol–water partition coefficient (Wildman–Crippen LogP) is 3.85. The number of pyridine rings is 1. The van der Waals surface area contributed by atoms with Crippen LogP contribution in [0, 0.1) is 11.3 Å². The molecule has 0 aliphatic rings. The van der Waals surface area contributed by atoms with E-state index in [4.69, 9.17) is 37.9 Å². The van der Waals surface area contributed by atoms with Gasteiger partial charge in [0.1, 0.15) is 11.8 Å². The van der Waals surface area contributed by atoms with Gasteiger partial charge in [0.2, 0.25) is 0 Å². The van der Waals surface area contributed by atoms with Gasteiger partial charge in [0.25, 0.3) is 0 Å². The standard InChI is InChI=1S/C14H10Cl2N2O2/c1-19-13-4-9(6-17)2-3-12(13)20-8-10-7-18-14(16)5-11(10)15/h2-5,7H,8H2,1H3. The SMILES string of the molecule is COc1cc(C#N)ccc1OCc1cnc(Cl)cc1Cl. The first kappa shape index (κ1) is 14.4. The van der Waals surface area contributed by atoms with E-state index < -0.39 is 0 Å². The van der Waals surface area contributed by atoms with Crippen molar-refractivity contribution in [2.45, 2.75) is 6.61 Å². The number of halogens is 2. The highest BCUT2D eigenvalue weighted by molar-refractivity contribution is 6.34. The Kier molecular flexibility index (Phi) is 4.67. The summed E-state index contributed by atoms with van der Waals surface area (Å²) in [4.78, 5) is 3.95. The average molecular weight is 309 g/mol. The molecular weight excluding hydrogens is 299 g/mol. The molecular formula is C14H10Cl2N2O2. The minimum atomic E-state index is 0.227. The normalized spacial score (nSPS) is 9.90. The first-order chi connectivity index (χ1) is 9.63. The second kappa shape index (κ2) is 6.47. The van der Waals surface area contributed by atoms with Gasteiger partial charge >= 0.3 is 0 Å². The Morgan fingerprint density at radius 3 is 2.70 bits per heavy atom. The highest BCUT2D eigenvalue weighted by atomic mass is 35.5. The molecule has 1 heterocycles. The number of ether oxygens (including phenoxy) is 2. The van der Waals surface area contributed by atoms with E-state index in [1.54, 1.807) is 30.5 Å². The van der Waals surface area contributed by atoms with Crippen LogP contribution in [-0.2, 0) is 6.61 Å². The zero-order valence-electron chi connectivity index (χ0n) is 10.6. The smallest absolute Gasteiger partial charge is 0.162 e. The monoisotopic (exact) mass is 308 g/mol. The summed E-state index contributed by atoms with van der Waals surface area (Å²) < 4.78 is 10.8. The summed E-state index contributed by atoms with van der Waals surface area (Å²) in [7, 11) is 1.51. The predicted molar refractivity (Wildman–Crippen MR) is 76.3 cm³/mol. The molecule has 4 nitrogen and oxygen atoms in total. The zero-order chi connectivity index (χ0) is 14.5. The van der Waals surface area contributed by atoms with Crippen LogP contribution in [0.5, 0.6) is 11.5 Å². The molecule has 102 valence electrons. The van der Waals surface area contributed by atoms with E-state index in [2.05, 4.69) is 4.98 Å². The zero-order valence-corrected chi connectivity index (χ0v) is 12.1. The maximum atomic E-state index is 8.83. The van der Waals surface area contributed by atoms with Gasteiger partial charge in [0.05, 0.1) is 23.8 Å². The van der Waals surface area contributed by atoms with Gasteiger partial charge in [0.15, 0.2) is 11.5 Å². The van der Waals surface area contributed by atoms with Crippen LogP contribution < -0.4 is 9.47 Å². The van der Waals surface area contributed by atoms with Crippen LogP contribution in [-0.4, -0.2) is 12.1 Å². The second-order valence-electron chi connectivity index (χ2n) is 3.86. The van der Waals surface area contributed by atoms with E-state index in [1.165, 1.54) is 7.11 Å². The van der Waals surface area contributed by atoms with Crippen LogP contribution in [0.2, 0.25) is 10.2 Å². The lowest BCUT2D eigenvalue weighted by atomic mass is 10.2. The molecule has 20 heavy (non-hydrogen) atoms. The van der Waals surface area contributed by atoms with E-state index in [0.29, 0.717) is 32.8 Å². The number of aromatic nitrogens is 1. The fraction of sp³-hybridized carbons (Fsp3) is 0.143. The van der Waals surface area contributed by atoms with E-state index in [1.807, 2.05) is 6.07 Å². The number of methoxy groups -OCH3 is 1. The van der Waals surface area contributed by atoms with Crippen molar-refractivity contribution in [1.82, 2.24) is 4.98 Å². The Labute approximate surface area is 126 Å². The van der Waals surface area contributed by atoms with Crippen molar-refractivity contribution in [3.05, 3.63) is 51.8 Å². The van der Waals surface area contributed by atoms with Crippen LogP contribution in [0.25, 0.3) is 0 Å². The third-order valence-electron chi connectivity index (χ3n) is 2.57. The summed E-state index contributed by atoms with van der Waals surface area (Å²) in [5, 5.41) is 9.65. The number of nitrogens with zero attached hydrogens (tertiary/aromatic N) is 2. The minimum absolute atomic E-state index is 0.227. The quantitative estimate of drug-likeness (QED) is 0.805. The Balaban J connectivity index is 2.16. The molecule has 1 aromatic heterocycles. The molecule has 0 aliphatic heterocycles. The van der Waals surface area contributed by atoms with Gasteiger partial charge in [-0.2, -0.15) is 5.26 Å². The highest BCUT2D eigenvalue weighted by Gasteiger charge is 2.08. The lowest BCUT2D eigenvalue weighted by Gasteiger charge is -2.11. The molecule has 0 saturated heterocycles. The Bertz CT molecular complexity index is 669. The molecule has 6 heteroatoms. The second-order valence-corrected chi connectivity index (χ2v) is 4.66. The Morgan fingerprint density at radius 1 is 1.25 bits per heavy atom. The molecule has 0 N–H and O–H groups in total. The van der Waals surface area contributed by atoms with Crippen molar-refractivity contribution in [3.63, 3.8) is 0 Å². The fourth-order valence-corrected chi connectivity index (χ4v) is 1.97. The summed E-state index contributed by atoms with van der Waals surface area (Å²) >= 11 is 11.8. The Morgan fingerprint density at radius 2 is 2.05 bits per heavy atom. The van der Waals surface area contributed by atoms with Gasteiger partial charge in [0, 0.05) is 17.8 Å². The van der Waals surface area contributed by atoms with Gasteiger partial charge in [-0.1, -0.05) is 23.2 Å². The van der Waals surface area contributed by atoms with E-state index in [-0.39, 0.29) is 6.61 Å². The number of nitriles is 1. The lowest BCUT2D eigenvalue weighted by Crippen LogP contribution is -1.99. The third-order valence-corrected chi connectivity index (χ3v) is 3.13. The summed E-state index contributed by atoms with van der Waals surface area (Å²) in [5.74, 6) is 1.01. The summed E-state index contributed by atoms with van der Waals surface area (Å²) in [5.41, 5.74) is 1.21. The minimum Gasteiger partial charge on any atom is -0.493 e. The molecule has 0 radical (unpaired) electrons. The first-order valence-corrected chi connectivity index (χ1v) is 6.40. The van der Waals surface area contributed by atoms with E-state index >= 15 is 0 Å². The molecule has 0 aliphatic carbocycles. The van der Waals surface area contributed by atoms with Crippen molar-refractivity contribution in [2.24, 2.45) is 0 Å². The van der Waals surface area contributed by atoms with Crippen LogP contribution in [0.15, 0.2) is 30.5 Å². The summed E-state index contributed by atoms with van der Waals surface area (Å²) in [6, 6.07) is 8.53. The molecule has 0 atom stereocenters. The van der Waals surface area contributed by atoms with Crippen molar-refractivity contribution in [2.75, 3.05) is 7.11 Å². The lowest BCUT2D eigenvalue weighted by molar-refractivity contribution is 0.284. The van der Waals surface area contributed by atoms with Crippen molar-refractivity contribution >= 4 is 23.2 Å². The number of benzene rings is 1. The molecule has 1 aromatic carbocycles. The van der Waals surface area contributed by atoms with Crippen molar-refractivity contribution < 1.29 is 9.47 Å². The topological polar surface area (TPSA) is 55.1 Å². The molecule has 0 saturated carbocycles. The maximum absolute atomic E-state index is 8.83. The van der Waals surface area contributed by atoms with Gasteiger partial charge in [-0.15, -0.1) is 0 Å². The van der Waals surface area contributed by atoms with E-state index in [0.717, 1.165) is 0 Å². The van der Waals surface area contributed by atoms with Gasteiger partial charge < -0.3 is 9.47 Å². The molecule has 0 bridgehead atoms. The maximum Gasteiger partial charge on any atom is 0.162 e. The fourth-order valence-electron chi connectivity index (χ4n) is 1.55. The van der Waals surface area contributed by atoms with E-state index in [9.17, 15) is 0 Å². The van der Waals surface area contributed by atoms with Crippen molar-refractivity contribution in [3.8, 4) is 17.6 Å². The summed E-state index contributed by atoms with van der Waals surface area (Å²) in [6.45, 7) is 0.227. The van der Waals surface area contributed by atoms with Crippen LogP contribution in [0.4, 0.5) is 0 Å². The largest absolute Gasteiger partial charge is 0.493 e. The Hall–Kier alpha value is -1.96. The average Bonchev–Trinajstić information content (AvgIpc) is 2.46. The molecule has 0 spiro atoms. The van der Waals surface area contributed by atoms with Crippen LogP contribution in [0.3, 0.4) is 0 Å². The molecule has 0 unspecified atom stereocenters. The highest BCUT2D eigenvalue weighted by Crippen LogP contribution is 2.29. The third kappa shape index (κ3) is 3.32. The molecule has 0 amide bonds. The van der Waals surface area contributed by atoms with Gasteiger partial charge in [-0.3, -0.25) is 0 Å². The molecule has 2 rings (SSSR count). The molecule has 0 fully saturated rings. The van der Waals surface area contributed by atoms with Gasteiger partial charge in [-0.05, 0) is 18.2 Å². The molecule has 2 aromatic rings. The van der Waals surface area contributed by atoms with Crippen molar-refractivity contribution in [1.29, 1.82) is 5.26 Å². The number of rotatable bonds is 4. The number of hydrogen-bond donors (Lipinski definition) is 0. The van der Waals surface area contributed by atoms with Crippen LogP contribution in [0.1, 0.15) is 11.1 Å².